The molecule has 202 valence electrons. The second-order valence-electron chi connectivity index (χ2n) is 8.53. The Morgan fingerprint density at radius 1 is 0.946 bits per heavy atom. The zero-order chi connectivity index (χ0) is 27.0. The number of rotatable bonds is 11. The molecule has 0 saturated carbocycles. The Balaban J connectivity index is 1.69. The van der Waals surface area contributed by atoms with Gasteiger partial charge in [0, 0.05) is 46.1 Å². The second-order valence-corrected chi connectivity index (χ2v) is 10.5. The maximum Gasteiger partial charge on any atom is 0.305 e. The van der Waals surface area contributed by atoms with Gasteiger partial charge < -0.3 is 24.0 Å². The van der Waals surface area contributed by atoms with Gasteiger partial charge in [-0.2, -0.15) is 0 Å². The number of nitrogens with zero attached hydrogens (tertiary/aromatic N) is 3. The van der Waals surface area contributed by atoms with Gasteiger partial charge in [-0.05, 0) is 55.8 Å². The van der Waals surface area contributed by atoms with Crippen LogP contribution in [0.15, 0.2) is 47.4 Å². The van der Waals surface area contributed by atoms with Gasteiger partial charge in [0.2, 0.25) is 5.91 Å². The number of carbonyl (C=O) groups excluding carboxylic acids is 2. The van der Waals surface area contributed by atoms with Gasteiger partial charge >= 0.3 is 5.97 Å². The highest BCUT2D eigenvalue weighted by Gasteiger charge is 2.27. The van der Waals surface area contributed by atoms with Crippen molar-refractivity contribution in [2.45, 2.75) is 31.1 Å². The van der Waals surface area contributed by atoms with Gasteiger partial charge in [-0.15, -0.1) is 0 Å². The van der Waals surface area contributed by atoms with Crippen molar-refractivity contribution in [3.05, 3.63) is 42.5 Å². The van der Waals surface area contributed by atoms with Crippen LogP contribution in [0.25, 0.3) is 0 Å². The first-order valence-corrected chi connectivity index (χ1v) is 13.6. The molecule has 1 heterocycles. The predicted molar refractivity (Wildman–Crippen MR) is 141 cm³/mol. The fraction of sp³-hybridized carbons (Fsp3) is 0.462. The molecule has 37 heavy (non-hydrogen) atoms. The van der Waals surface area contributed by atoms with E-state index in [2.05, 4.69) is 0 Å². The molecule has 2 aromatic rings. The molecule has 0 atom stereocenters. The maximum absolute atomic E-state index is 13.4. The summed E-state index contributed by atoms with van der Waals surface area (Å²) in [5.74, 6) is 0.895. The summed E-state index contributed by atoms with van der Waals surface area (Å²) in [4.78, 5) is 28.0. The summed E-state index contributed by atoms with van der Waals surface area (Å²) >= 11 is 0. The highest BCUT2D eigenvalue weighted by atomic mass is 32.2. The molecule has 2 aromatic carbocycles. The van der Waals surface area contributed by atoms with Gasteiger partial charge in [0.05, 0.1) is 37.1 Å². The van der Waals surface area contributed by atoms with Crippen LogP contribution in [0.3, 0.4) is 0 Å². The van der Waals surface area contributed by atoms with Crippen LogP contribution in [0.1, 0.15) is 26.2 Å². The molecule has 0 N–H and O–H groups in total. The number of esters is 1. The van der Waals surface area contributed by atoms with E-state index in [1.54, 1.807) is 62.4 Å². The van der Waals surface area contributed by atoms with Crippen LogP contribution in [0, 0.1) is 0 Å². The van der Waals surface area contributed by atoms with E-state index in [0.717, 1.165) is 0 Å². The first-order chi connectivity index (χ1) is 17.7. The largest absolute Gasteiger partial charge is 0.497 e. The van der Waals surface area contributed by atoms with E-state index in [9.17, 15) is 18.0 Å². The van der Waals surface area contributed by atoms with Crippen LogP contribution in [-0.2, 0) is 24.3 Å². The number of carbonyl (C=O) groups is 2. The van der Waals surface area contributed by atoms with Crippen molar-refractivity contribution in [2.24, 2.45) is 0 Å². The number of hydrogen-bond acceptors (Lipinski definition) is 8. The summed E-state index contributed by atoms with van der Waals surface area (Å²) in [6.45, 7) is 4.12. The van der Waals surface area contributed by atoms with E-state index in [1.165, 1.54) is 17.4 Å². The van der Waals surface area contributed by atoms with Crippen LogP contribution >= 0.6 is 0 Å². The van der Waals surface area contributed by atoms with Gasteiger partial charge in [-0.1, -0.05) is 0 Å². The normalized spacial score (nSPS) is 13.7. The van der Waals surface area contributed by atoms with E-state index in [0.29, 0.717) is 62.1 Å². The Morgan fingerprint density at radius 2 is 1.62 bits per heavy atom. The highest BCUT2D eigenvalue weighted by molar-refractivity contribution is 7.92. The molecule has 0 aliphatic carbocycles. The summed E-state index contributed by atoms with van der Waals surface area (Å²) in [5.41, 5.74) is 1.16. The highest BCUT2D eigenvalue weighted by Crippen LogP contribution is 2.33. The Bertz CT molecular complexity index is 1180. The summed E-state index contributed by atoms with van der Waals surface area (Å²) in [7, 11) is 0.765. The number of methoxy groups -OCH3 is 2. The van der Waals surface area contributed by atoms with Crippen LogP contribution in [-0.4, -0.2) is 79.2 Å². The van der Waals surface area contributed by atoms with E-state index < -0.39 is 10.0 Å². The maximum atomic E-state index is 13.4. The molecule has 0 spiro atoms. The molecule has 1 saturated heterocycles. The lowest BCUT2D eigenvalue weighted by Gasteiger charge is -2.37. The van der Waals surface area contributed by atoms with Crippen LogP contribution in [0.2, 0.25) is 0 Å². The molecule has 3 rings (SSSR count). The monoisotopic (exact) mass is 533 g/mol. The lowest BCUT2D eigenvalue weighted by atomic mass is 10.2. The molecule has 10 nitrogen and oxygen atoms in total. The standard InChI is InChI=1S/C26H35N3O7S/c1-5-36-26(31)8-6-7-25(30)29-17-15-28(16-18-29)23-19-22(13-14-24(23)35-4)37(32,33)27(2)20-9-11-21(34-3)12-10-20/h9-14,19H,5-8,15-18H2,1-4H3. The Hall–Kier alpha value is -3.47. The van der Waals surface area contributed by atoms with E-state index in [-0.39, 0.29) is 29.6 Å². The van der Waals surface area contributed by atoms with Gasteiger partial charge in [0.15, 0.2) is 0 Å². The molecule has 1 amide bonds. The minimum atomic E-state index is -3.84. The molecule has 0 radical (unpaired) electrons. The van der Waals surface area contributed by atoms with Gasteiger partial charge in [0.1, 0.15) is 11.5 Å². The van der Waals surface area contributed by atoms with Gasteiger partial charge in [0.25, 0.3) is 10.0 Å². The van der Waals surface area contributed by atoms with Crippen molar-refractivity contribution < 1.29 is 32.2 Å². The number of ether oxygens (including phenoxy) is 3. The summed E-state index contributed by atoms with van der Waals surface area (Å²) < 4.78 is 43.6. The van der Waals surface area contributed by atoms with Crippen molar-refractivity contribution >= 4 is 33.3 Å². The lowest BCUT2D eigenvalue weighted by molar-refractivity contribution is -0.143. The molecule has 0 unspecified atom stereocenters. The zero-order valence-corrected chi connectivity index (χ0v) is 22.6. The summed E-state index contributed by atoms with van der Waals surface area (Å²) in [5, 5.41) is 0. The molecule has 0 aromatic heterocycles. The quantitative estimate of drug-likeness (QED) is 0.406. The molecular formula is C26H35N3O7S. The van der Waals surface area contributed by atoms with Crippen LogP contribution < -0.4 is 18.7 Å². The van der Waals surface area contributed by atoms with Crippen molar-refractivity contribution in [1.82, 2.24) is 4.90 Å². The molecule has 1 aliphatic rings. The molecule has 0 bridgehead atoms. The van der Waals surface area contributed by atoms with Gasteiger partial charge in [-0.25, -0.2) is 8.42 Å². The molecule has 1 fully saturated rings. The molecule has 11 heteroatoms. The molecular weight excluding hydrogens is 498 g/mol. The smallest absolute Gasteiger partial charge is 0.305 e. The summed E-state index contributed by atoms with van der Waals surface area (Å²) in [6.07, 6.45) is 0.962. The van der Waals surface area contributed by atoms with Crippen molar-refractivity contribution in [3.63, 3.8) is 0 Å². The van der Waals surface area contributed by atoms with E-state index in [1.807, 2.05) is 4.90 Å². The minimum absolute atomic E-state index is 0.00615. The number of anilines is 2. The van der Waals surface area contributed by atoms with Gasteiger partial charge in [-0.3, -0.25) is 13.9 Å². The van der Waals surface area contributed by atoms with Crippen molar-refractivity contribution in [3.8, 4) is 11.5 Å². The summed E-state index contributed by atoms with van der Waals surface area (Å²) in [6, 6.07) is 11.6. The third-order valence-electron chi connectivity index (χ3n) is 6.29. The SMILES string of the molecule is CCOC(=O)CCCC(=O)N1CCN(c2cc(S(=O)(=O)N(C)c3ccc(OC)cc3)ccc2OC)CC1. The number of benzene rings is 2. The Labute approximate surface area is 218 Å². The number of hydrogen-bond donors (Lipinski definition) is 0. The number of sulfonamides is 1. The Morgan fingerprint density at radius 3 is 2.22 bits per heavy atom. The number of amides is 1. The zero-order valence-electron chi connectivity index (χ0n) is 21.8. The van der Waals surface area contributed by atoms with Crippen molar-refractivity contribution in [2.75, 3.05) is 63.3 Å². The number of piperazine rings is 1. The first-order valence-electron chi connectivity index (χ1n) is 12.2. The fourth-order valence-electron chi connectivity index (χ4n) is 4.14. The predicted octanol–water partition coefficient (Wildman–Crippen LogP) is 2.91. The topological polar surface area (TPSA) is 106 Å². The van der Waals surface area contributed by atoms with E-state index in [4.69, 9.17) is 14.2 Å². The fourth-order valence-corrected chi connectivity index (χ4v) is 5.35. The lowest BCUT2D eigenvalue weighted by Crippen LogP contribution is -2.48. The third-order valence-corrected chi connectivity index (χ3v) is 8.08. The Kier molecular flexibility index (Phi) is 9.62. The minimum Gasteiger partial charge on any atom is -0.497 e. The second kappa shape index (κ2) is 12.7. The third kappa shape index (κ3) is 6.85. The van der Waals surface area contributed by atoms with E-state index >= 15 is 0 Å². The molecule has 1 aliphatic heterocycles. The average molecular weight is 534 g/mol. The average Bonchev–Trinajstić information content (AvgIpc) is 2.92. The van der Waals surface area contributed by atoms with Crippen LogP contribution in [0.4, 0.5) is 11.4 Å². The van der Waals surface area contributed by atoms with Crippen molar-refractivity contribution in [1.29, 1.82) is 0 Å². The first kappa shape index (κ1) is 28.1. The van der Waals surface area contributed by atoms with Crippen LogP contribution in [0.5, 0.6) is 11.5 Å².